The van der Waals surface area contributed by atoms with Crippen molar-refractivity contribution < 1.29 is 13.7 Å². The van der Waals surface area contributed by atoms with Crippen LogP contribution in [-0.4, -0.2) is 9.91 Å². The predicted octanol–water partition coefficient (Wildman–Crippen LogP) is 1.26. The van der Waals surface area contributed by atoms with Crippen molar-refractivity contribution in [2.24, 2.45) is 5.73 Å². The summed E-state index contributed by atoms with van der Waals surface area (Å²) in [6, 6.07) is 1.45. The summed E-state index contributed by atoms with van der Waals surface area (Å²) in [6.07, 6.45) is -2.27. The van der Waals surface area contributed by atoms with Gasteiger partial charge in [-0.15, -0.1) is 0 Å². The van der Waals surface area contributed by atoms with Gasteiger partial charge in [-0.25, -0.2) is 13.8 Å². The molecule has 0 unspecified atom stereocenters. The zero-order valence-electron chi connectivity index (χ0n) is 7.85. The van der Waals surface area contributed by atoms with Crippen LogP contribution < -0.4 is 5.73 Å². The molecule has 0 fully saturated rings. The zero-order chi connectivity index (χ0) is 12.3. The van der Waals surface area contributed by atoms with Crippen molar-refractivity contribution in [1.82, 2.24) is 4.98 Å². The van der Waals surface area contributed by atoms with Gasteiger partial charge in [0.25, 0.3) is 12.1 Å². The van der Waals surface area contributed by atoms with E-state index in [0.717, 1.165) is 6.20 Å². The van der Waals surface area contributed by atoms with Gasteiger partial charge in [0, 0.05) is 6.54 Å². The summed E-state index contributed by atoms with van der Waals surface area (Å²) >= 11 is 0. The lowest BCUT2D eigenvalue weighted by Crippen LogP contribution is -2.09. The van der Waals surface area contributed by atoms with E-state index in [-0.39, 0.29) is 5.56 Å². The second-order valence-corrected chi connectivity index (χ2v) is 2.76. The van der Waals surface area contributed by atoms with Crippen LogP contribution in [0.2, 0.25) is 0 Å². The standard InChI is InChI=1S/C8H6F2N4O2/c9-8(10)7-4(1-11)6(14(15)16)3-13-5(7)2-12/h3,8H,1,11H2. The number of halogens is 2. The number of nitro groups is 1. The van der Waals surface area contributed by atoms with E-state index < -0.39 is 34.8 Å². The highest BCUT2D eigenvalue weighted by molar-refractivity contribution is 5.49. The van der Waals surface area contributed by atoms with Crippen molar-refractivity contribution >= 4 is 5.69 Å². The van der Waals surface area contributed by atoms with Crippen LogP contribution in [0.4, 0.5) is 14.5 Å². The number of hydrogen-bond acceptors (Lipinski definition) is 5. The van der Waals surface area contributed by atoms with Crippen LogP contribution in [0.25, 0.3) is 0 Å². The van der Waals surface area contributed by atoms with E-state index in [1.165, 1.54) is 6.07 Å². The van der Waals surface area contributed by atoms with Crippen molar-refractivity contribution in [2.75, 3.05) is 0 Å². The van der Waals surface area contributed by atoms with E-state index in [4.69, 9.17) is 11.0 Å². The first kappa shape index (κ1) is 11.9. The van der Waals surface area contributed by atoms with E-state index >= 15 is 0 Å². The molecule has 0 aliphatic carbocycles. The summed E-state index contributed by atoms with van der Waals surface area (Å²) < 4.78 is 25.3. The van der Waals surface area contributed by atoms with Gasteiger partial charge in [-0.05, 0) is 0 Å². The van der Waals surface area contributed by atoms with Gasteiger partial charge in [0.05, 0.1) is 16.1 Å². The van der Waals surface area contributed by atoms with Crippen LogP contribution >= 0.6 is 0 Å². The molecule has 0 bridgehead atoms. The highest BCUT2D eigenvalue weighted by Crippen LogP contribution is 2.30. The van der Waals surface area contributed by atoms with E-state index in [2.05, 4.69) is 4.98 Å². The lowest BCUT2D eigenvalue weighted by molar-refractivity contribution is -0.386. The average Bonchev–Trinajstić information content (AvgIpc) is 2.26. The maximum absolute atomic E-state index is 12.6. The smallest absolute Gasteiger partial charge is 0.292 e. The van der Waals surface area contributed by atoms with Crippen molar-refractivity contribution in [3.8, 4) is 6.07 Å². The highest BCUT2D eigenvalue weighted by atomic mass is 19.3. The van der Waals surface area contributed by atoms with E-state index in [0.29, 0.717) is 0 Å². The minimum atomic E-state index is -3.03. The predicted molar refractivity (Wildman–Crippen MR) is 48.5 cm³/mol. The Morgan fingerprint density at radius 2 is 2.31 bits per heavy atom. The second kappa shape index (κ2) is 4.59. The Morgan fingerprint density at radius 1 is 1.69 bits per heavy atom. The number of pyridine rings is 1. The molecule has 0 aromatic carbocycles. The van der Waals surface area contributed by atoms with Crippen LogP contribution in [0.3, 0.4) is 0 Å². The summed E-state index contributed by atoms with van der Waals surface area (Å²) in [5.74, 6) is 0. The van der Waals surface area contributed by atoms with Gasteiger partial charge in [-0.2, -0.15) is 5.26 Å². The number of nitriles is 1. The molecule has 0 aliphatic rings. The summed E-state index contributed by atoms with van der Waals surface area (Å²) in [7, 11) is 0. The highest BCUT2D eigenvalue weighted by Gasteiger charge is 2.26. The van der Waals surface area contributed by atoms with Gasteiger partial charge in [0.1, 0.15) is 18.0 Å². The quantitative estimate of drug-likeness (QED) is 0.619. The molecule has 0 spiro atoms. The topological polar surface area (TPSA) is 106 Å². The number of nitrogens with two attached hydrogens (primary N) is 1. The second-order valence-electron chi connectivity index (χ2n) is 2.76. The van der Waals surface area contributed by atoms with E-state index in [1.54, 1.807) is 0 Å². The Morgan fingerprint density at radius 3 is 2.69 bits per heavy atom. The van der Waals surface area contributed by atoms with E-state index in [1.807, 2.05) is 0 Å². The molecule has 1 aromatic heterocycles. The van der Waals surface area contributed by atoms with Crippen molar-refractivity contribution in [3.05, 3.63) is 33.1 Å². The number of alkyl halides is 2. The van der Waals surface area contributed by atoms with Gasteiger partial charge in [0.2, 0.25) is 0 Å². The fraction of sp³-hybridized carbons (Fsp3) is 0.250. The summed E-state index contributed by atoms with van der Waals surface area (Å²) in [5, 5.41) is 19.1. The molecule has 6 nitrogen and oxygen atoms in total. The third-order valence-corrected chi connectivity index (χ3v) is 1.93. The molecule has 2 N–H and O–H groups in total. The van der Waals surface area contributed by atoms with Gasteiger partial charge in [0.15, 0.2) is 0 Å². The Hall–Kier alpha value is -2.14. The summed E-state index contributed by atoms with van der Waals surface area (Å²) in [6.45, 7) is -0.451. The Balaban J connectivity index is 3.57. The van der Waals surface area contributed by atoms with Crippen molar-refractivity contribution in [3.63, 3.8) is 0 Å². The third-order valence-electron chi connectivity index (χ3n) is 1.93. The lowest BCUT2D eigenvalue weighted by Gasteiger charge is -2.08. The number of hydrogen-bond donors (Lipinski definition) is 1. The van der Waals surface area contributed by atoms with Gasteiger partial charge in [-0.1, -0.05) is 0 Å². The van der Waals surface area contributed by atoms with Crippen LogP contribution in [0.5, 0.6) is 0 Å². The molecule has 0 saturated heterocycles. The Bertz CT molecular complexity index is 470. The average molecular weight is 228 g/mol. The molecule has 0 amide bonds. The van der Waals surface area contributed by atoms with Crippen molar-refractivity contribution in [1.29, 1.82) is 5.26 Å². The molecule has 1 heterocycles. The van der Waals surface area contributed by atoms with Crippen LogP contribution in [0.1, 0.15) is 23.2 Å². The first-order valence-electron chi connectivity index (χ1n) is 4.07. The molecular formula is C8H6F2N4O2. The number of rotatable bonds is 3. The Kier molecular flexibility index (Phi) is 3.42. The zero-order valence-corrected chi connectivity index (χ0v) is 7.85. The molecule has 1 aromatic rings. The SMILES string of the molecule is N#Cc1ncc([N+](=O)[O-])c(CN)c1C(F)F. The molecule has 0 radical (unpaired) electrons. The maximum atomic E-state index is 12.6. The van der Waals surface area contributed by atoms with Crippen LogP contribution in [-0.2, 0) is 6.54 Å². The number of nitrogens with zero attached hydrogens (tertiary/aromatic N) is 3. The maximum Gasteiger partial charge on any atom is 0.292 e. The summed E-state index contributed by atoms with van der Waals surface area (Å²) in [4.78, 5) is 13.0. The summed E-state index contributed by atoms with van der Waals surface area (Å²) in [5.41, 5.74) is 2.92. The monoisotopic (exact) mass is 228 g/mol. The minimum Gasteiger partial charge on any atom is -0.326 e. The Labute approximate surface area is 88.5 Å². The molecule has 84 valence electrons. The molecule has 16 heavy (non-hydrogen) atoms. The molecular weight excluding hydrogens is 222 g/mol. The van der Waals surface area contributed by atoms with Crippen molar-refractivity contribution in [2.45, 2.75) is 13.0 Å². The largest absolute Gasteiger partial charge is 0.326 e. The van der Waals surface area contributed by atoms with Gasteiger partial charge >= 0.3 is 0 Å². The van der Waals surface area contributed by atoms with Crippen LogP contribution in [0, 0.1) is 21.4 Å². The lowest BCUT2D eigenvalue weighted by atomic mass is 10.1. The van der Waals surface area contributed by atoms with Crippen LogP contribution in [0.15, 0.2) is 6.20 Å². The molecule has 0 atom stereocenters. The molecule has 0 aliphatic heterocycles. The molecule has 0 saturated carbocycles. The first-order chi connectivity index (χ1) is 7.52. The fourth-order valence-electron chi connectivity index (χ4n) is 1.25. The molecule has 1 rings (SSSR count). The van der Waals surface area contributed by atoms with E-state index in [9.17, 15) is 18.9 Å². The molecule has 8 heteroatoms. The minimum absolute atomic E-state index is 0.355. The normalized spacial score (nSPS) is 10.2. The van der Waals surface area contributed by atoms with Gasteiger partial charge < -0.3 is 5.73 Å². The number of aromatic nitrogens is 1. The fourth-order valence-corrected chi connectivity index (χ4v) is 1.25. The van der Waals surface area contributed by atoms with Gasteiger partial charge in [-0.3, -0.25) is 10.1 Å². The third kappa shape index (κ3) is 1.94. The first-order valence-corrected chi connectivity index (χ1v) is 4.07.